The minimum atomic E-state index is -4.73. The fourth-order valence-corrected chi connectivity index (χ4v) is 3.47. The Kier molecular flexibility index (Phi) is 6.74. The second-order valence-corrected chi connectivity index (χ2v) is 7.92. The van der Waals surface area contributed by atoms with Gasteiger partial charge in [-0.2, -0.15) is 13.2 Å². The molecule has 0 bridgehead atoms. The summed E-state index contributed by atoms with van der Waals surface area (Å²) in [6, 6.07) is 5.03. The highest BCUT2D eigenvalue weighted by Gasteiger charge is 2.52. The Morgan fingerprint density at radius 1 is 1.13 bits per heavy atom. The molecule has 1 atom stereocenters. The Bertz CT molecular complexity index is 1030. The molecule has 0 spiro atoms. The van der Waals surface area contributed by atoms with Gasteiger partial charge in [-0.3, -0.25) is 4.79 Å². The molecule has 1 unspecified atom stereocenters. The first-order valence-electron chi connectivity index (χ1n) is 8.67. The van der Waals surface area contributed by atoms with Crippen LogP contribution in [0.2, 0.25) is 10.0 Å². The predicted octanol–water partition coefficient (Wildman–Crippen LogP) is 7.47. The maximum Gasteiger partial charge on any atom is 0.398 e. The summed E-state index contributed by atoms with van der Waals surface area (Å²) in [5.74, 6) is -1.28. The monoisotopic (exact) mass is 459 g/mol. The van der Waals surface area contributed by atoms with E-state index in [1.807, 2.05) is 0 Å². The summed E-state index contributed by atoms with van der Waals surface area (Å²) in [4.78, 5) is 11.7. The number of carbonyl (C=O) groups is 1. The molecule has 2 nitrogen and oxygen atoms in total. The van der Waals surface area contributed by atoms with Crippen LogP contribution in [0, 0.1) is 5.82 Å². The van der Waals surface area contributed by atoms with E-state index in [1.165, 1.54) is 11.5 Å². The van der Waals surface area contributed by atoms with E-state index in [0.29, 0.717) is 5.69 Å². The van der Waals surface area contributed by atoms with Crippen molar-refractivity contribution in [3.63, 3.8) is 0 Å². The smallest absolute Gasteiger partial charge is 0.317 e. The number of carbonyl (C=O) groups excluding carboxylic acids is 1. The standard InChI is InChI=1S/C22H19Cl2F4NO/c1-12(14(3)29-8-6-7-19(29)13(2)15(4)30)11-21(5,22(26,27)28)16-9-17(23)20(25)18(24)10-16/h6-10H,1-3,11H2,4-5H3. The summed E-state index contributed by atoms with van der Waals surface area (Å²) in [7, 11) is 0. The van der Waals surface area contributed by atoms with Crippen molar-refractivity contribution in [3.8, 4) is 0 Å². The van der Waals surface area contributed by atoms with Gasteiger partial charge in [0.2, 0.25) is 0 Å². The Balaban J connectivity index is 2.47. The highest BCUT2D eigenvalue weighted by atomic mass is 35.5. The maximum atomic E-state index is 14.1. The molecule has 0 fully saturated rings. The van der Waals surface area contributed by atoms with E-state index in [4.69, 9.17) is 23.2 Å². The molecule has 0 saturated heterocycles. The molecule has 1 aromatic heterocycles. The first kappa shape index (κ1) is 24.0. The van der Waals surface area contributed by atoms with Gasteiger partial charge in [0, 0.05) is 17.5 Å². The van der Waals surface area contributed by atoms with Gasteiger partial charge >= 0.3 is 6.18 Å². The van der Waals surface area contributed by atoms with Crippen molar-refractivity contribution in [1.29, 1.82) is 0 Å². The molecule has 0 radical (unpaired) electrons. The zero-order chi connectivity index (χ0) is 23.0. The summed E-state index contributed by atoms with van der Waals surface area (Å²) in [6.45, 7) is 13.6. The lowest BCUT2D eigenvalue weighted by Gasteiger charge is -2.34. The van der Waals surface area contributed by atoms with Gasteiger partial charge in [-0.25, -0.2) is 4.39 Å². The van der Waals surface area contributed by atoms with Crippen molar-refractivity contribution in [3.05, 3.63) is 82.9 Å². The third-order valence-electron chi connectivity index (χ3n) is 5.00. The van der Waals surface area contributed by atoms with Crippen LogP contribution >= 0.6 is 23.2 Å². The molecule has 0 saturated carbocycles. The number of nitrogens with zero attached hydrogens (tertiary/aromatic N) is 1. The van der Waals surface area contributed by atoms with Gasteiger partial charge in [0.15, 0.2) is 11.6 Å². The third kappa shape index (κ3) is 4.40. The molecular formula is C22H19Cl2F4NO. The van der Waals surface area contributed by atoms with Crippen LogP contribution in [0.25, 0.3) is 11.3 Å². The average Bonchev–Trinajstić information content (AvgIpc) is 3.12. The van der Waals surface area contributed by atoms with Crippen molar-refractivity contribution >= 4 is 40.3 Å². The molecule has 0 aliphatic heterocycles. The fraction of sp³-hybridized carbons (Fsp3) is 0.227. The SMILES string of the molecule is C=C(CC(C)(c1cc(Cl)c(F)c(Cl)c1)C(F)(F)F)C(=C)n1cccc1C(=C)C(C)=O. The molecule has 2 rings (SSSR count). The number of hydrogen-bond acceptors (Lipinski definition) is 1. The summed E-state index contributed by atoms with van der Waals surface area (Å²) < 4.78 is 57.5. The molecule has 0 N–H and O–H groups in total. The molecular weight excluding hydrogens is 441 g/mol. The number of alkyl halides is 3. The minimum Gasteiger partial charge on any atom is -0.317 e. The lowest BCUT2D eigenvalue weighted by atomic mass is 9.76. The number of rotatable bonds is 7. The fourth-order valence-electron chi connectivity index (χ4n) is 2.98. The van der Waals surface area contributed by atoms with Gasteiger partial charge in [0.05, 0.1) is 21.2 Å². The van der Waals surface area contributed by atoms with Crippen molar-refractivity contribution in [2.24, 2.45) is 0 Å². The first-order chi connectivity index (χ1) is 13.7. The van der Waals surface area contributed by atoms with E-state index in [-0.39, 0.29) is 28.2 Å². The molecule has 0 aliphatic rings. The lowest BCUT2D eigenvalue weighted by Crippen LogP contribution is -2.40. The molecule has 1 aromatic carbocycles. The maximum absolute atomic E-state index is 14.1. The van der Waals surface area contributed by atoms with Gasteiger partial charge in [-0.15, -0.1) is 0 Å². The number of Topliss-reactive ketones (excluding diaryl/α,β-unsaturated/α-hetero) is 1. The second kappa shape index (κ2) is 8.44. The lowest BCUT2D eigenvalue weighted by molar-refractivity contribution is -0.185. The number of hydrogen-bond donors (Lipinski definition) is 0. The third-order valence-corrected chi connectivity index (χ3v) is 5.55. The highest BCUT2D eigenvalue weighted by Crippen LogP contribution is 2.47. The van der Waals surface area contributed by atoms with E-state index in [2.05, 4.69) is 19.7 Å². The van der Waals surface area contributed by atoms with Gasteiger partial charge in [-0.1, -0.05) is 42.9 Å². The number of aromatic nitrogens is 1. The topological polar surface area (TPSA) is 22.0 Å². The van der Waals surface area contributed by atoms with Crippen molar-refractivity contribution in [2.45, 2.75) is 31.9 Å². The molecule has 160 valence electrons. The van der Waals surface area contributed by atoms with Crippen LogP contribution in [0.3, 0.4) is 0 Å². The van der Waals surface area contributed by atoms with Crippen LogP contribution in [-0.4, -0.2) is 16.5 Å². The quantitative estimate of drug-likeness (QED) is 0.182. The van der Waals surface area contributed by atoms with E-state index in [0.717, 1.165) is 19.1 Å². The summed E-state index contributed by atoms with van der Waals surface area (Å²) in [5, 5.41) is -1.02. The Morgan fingerprint density at radius 3 is 2.13 bits per heavy atom. The number of benzene rings is 1. The van der Waals surface area contributed by atoms with Crippen LogP contribution in [0.15, 0.2) is 55.8 Å². The van der Waals surface area contributed by atoms with Crippen molar-refractivity contribution in [1.82, 2.24) is 4.57 Å². The molecule has 30 heavy (non-hydrogen) atoms. The van der Waals surface area contributed by atoms with Crippen LogP contribution < -0.4 is 0 Å². The van der Waals surface area contributed by atoms with Gasteiger partial charge < -0.3 is 4.57 Å². The molecule has 2 aromatic rings. The van der Waals surface area contributed by atoms with Gasteiger partial charge in [0.1, 0.15) is 0 Å². The zero-order valence-electron chi connectivity index (χ0n) is 16.3. The van der Waals surface area contributed by atoms with Crippen molar-refractivity contribution in [2.75, 3.05) is 0 Å². The van der Waals surface area contributed by atoms with Crippen LogP contribution in [0.1, 0.15) is 31.5 Å². The molecule has 1 heterocycles. The number of ketones is 1. The summed E-state index contributed by atoms with van der Waals surface area (Å²) >= 11 is 11.5. The van der Waals surface area contributed by atoms with E-state index >= 15 is 0 Å². The Labute approximate surface area is 182 Å². The van der Waals surface area contributed by atoms with E-state index in [1.54, 1.807) is 18.3 Å². The summed E-state index contributed by atoms with van der Waals surface area (Å²) in [6.07, 6.45) is -3.78. The van der Waals surface area contributed by atoms with Crippen molar-refractivity contribution < 1.29 is 22.4 Å². The average molecular weight is 460 g/mol. The predicted molar refractivity (Wildman–Crippen MR) is 113 cm³/mol. The minimum absolute atomic E-state index is 0.0557. The summed E-state index contributed by atoms with van der Waals surface area (Å²) in [5.41, 5.74) is -1.98. The molecule has 0 aliphatic carbocycles. The molecule has 8 heteroatoms. The van der Waals surface area contributed by atoms with Gasteiger partial charge in [-0.05, 0) is 55.7 Å². The van der Waals surface area contributed by atoms with E-state index < -0.39 is 33.9 Å². The van der Waals surface area contributed by atoms with Crippen LogP contribution in [0.4, 0.5) is 17.6 Å². The zero-order valence-corrected chi connectivity index (χ0v) is 17.9. The highest BCUT2D eigenvalue weighted by molar-refractivity contribution is 6.35. The second-order valence-electron chi connectivity index (χ2n) is 7.11. The Morgan fingerprint density at radius 2 is 1.67 bits per heavy atom. The molecule has 0 amide bonds. The van der Waals surface area contributed by atoms with Gasteiger partial charge in [0.25, 0.3) is 0 Å². The Hall–Kier alpha value is -2.31. The number of allylic oxidation sites excluding steroid dienone is 3. The first-order valence-corrected chi connectivity index (χ1v) is 9.43. The van der Waals surface area contributed by atoms with E-state index in [9.17, 15) is 22.4 Å². The van der Waals surface area contributed by atoms with Crippen LogP contribution in [0.5, 0.6) is 0 Å². The number of halogens is 6. The van der Waals surface area contributed by atoms with Crippen LogP contribution in [-0.2, 0) is 10.2 Å². The largest absolute Gasteiger partial charge is 0.398 e. The normalized spacial score (nSPS) is 13.6.